The Hall–Kier alpha value is -0.530. The van der Waals surface area contributed by atoms with Gasteiger partial charge < -0.3 is 4.55 Å². The number of rotatable bonds is 1. The first-order valence-corrected chi connectivity index (χ1v) is 2.51. The van der Waals surface area contributed by atoms with Crippen LogP contribution in [0.4, 0.5) is 0 Å². The maximum absolute atomic E-state index is 9.71. The highest BCUT2D eigenvalue weighted by molar-refractivity contribution is 7.76. The fraction of sp³-hybridized carbons (Fsp3) is 0.333. The normalized spacial score (nSPS) is 12.1. The summed E-state index contributed by atoms with van der Waals surface area (Å²) in [6.45, 7) is 0. The van der Waals surface area contributed by atoms with Gasteiger partial charge in [0.05, 0.1) is 11.3 Å². The highest BCUT2D eigenvalue weighted by Gasteiger charge is 1.81. The van der Waals surface area contributed by atoms with Crippen molar-refractivity contribution in [1.82, 2.24) is 4.31 Å². The van der Waals surface area contributed by atoms with Crippen LogP contribution in [0.3, 0.4) is 0 Å². The van der Waals surface area contributed by atoms with Gasteiger partial charge in [0.25, 0.3) is 0 Å². The van der Waals surface area contributed by atoms with E-state index in [0.29, 0.717) is 0 Å². The van der Waals surface area contributed by atoms with Gasteiger partial charge in [-0.15, -0.1) is 0 Å². The van der Waals surface area contributed by atoms with Crippen molar-refractivity contribution in [2.24, 2.45) is 0 Å². The monoisotopic (exact) mass is 118 g/mol. The molecule has 0 radical (unpaired) electrons. The summed E-state index contributed by atoms with van der Waals surface area (Å²) in [6, 6.07) is 1.89. The van der Waals surface area contributed by atoms with Crippen molar-refractivity contribution in [2.45, 2.75) is 0 Å². The first-order chi connectivity index (χ1) is 3.18. The van der Waals surface area contributed by atoms with Crippen molar-refractivity contribution >= 4 is 11.3 Å². The summed E-state index contributed by atoms with van der Waals surface area (Å²) in [7, 11) is 1.28. The molecule has 0 aromatic heterocycles. The lowest BCUT2D eigenvalue weighted by molar-refractivity contribution is 0.491. The van der Waals surface area contributed by atoms with E-state index in [1.807, 2.05) is 6.04 Å². The first kappa shape index (κ1) is 6.47. The summed E-state index contributed by atoms with van der Waals surface area (Å²) in [5, 5.41) is 0. The minimum Gasteiger partial charge on any atom is -0.755 e. The van der Waals surface area contributed by atoms with E-state index in [4.69, 9.17) is 0 Å². The summed E-state index contributed by atoms with van der Waals surface area (Å²) in [5.74, 6) is 0. The second-order valence-electron chi connectivity index (χ2n) is 0.844. The molecule has 0 bridgehead atoms. The molecule has 3 nitrogen and oxygen atoms in total. The van der Waals surface area contributed by atoms with E-state index >= 15 is 0 Å². The zero-order valence-corrected chi connectivity index (χ0v) is 4.57. The van der Waals surface area contributed by atoms with Crippen LogP contribution >= 0.6 is 0 Å². The fourth-order valence-corrected chi connectivity index (χ4v) is 0.129. The lowest BCUT2D eigenvalue weighted by Gasteiger charge is -2.11. The smallest absolute Gasteiger partial charge is 0.0546 e. The molecule has 0 saturated carbocycles. The zero-order valence-electron chi connectivity index (χ0n) is 3.75. The molecule has 0 saturated heterocycles. The third-order valence-corrected chi connectivity index (χ3v) is 0.958. The van der Waals surface area contributed by atoms with Gasteiger partial charge in [-0.3, -0.25) is 8.51 Å². The van der Waals surface area contributed by atoms with E-state index in [1.54, 1.807) is 0 Å². The second kappa shape index (κ2) is 2.61. The predicted octanol–water partition coefficient (Wildman–Crippen LogP) is -0.697. The first-order valence-electron chi connectivity index (χ1n) is 1.48. The van der Waals surface area contributed by atoms with E-state index in [2.05, 4.69) is 6.42 Å². The second-order valence-corrected chi connectivity index (χ2v) is 1.83. The Morgan fingerprint density at radius 2 is 2.43 bits per heavy atom. The van der Waals surface area contributed by atoms with E-state index in [0.717, 1.165) is 4.31 Å². The Bertz CT molecular complexity index is 117. The number of hydrogen-bond acceptors (Lipinski definition) is 2. The highest BCUT2D eigenvalue weighted by atomic mass is 32.2. The van der Waals surface area contributed by atoms with Crippen LogP contribution in [0.5, 0.6) is 0 Å². The molecule has 0 amide bonds. The Kier molecular flexibility index (Phi) is 2.41. The SMILES string of the molecule is C#CN(C)S(=O)[O-]. The Balaban J connectivity index is 3.63. The maximum Gasteiger partial charge on any atom is 0.0546 e. The number of terminal acetylenes is 1. The summed E-state index contributed by atoms with van der Waals surface area (Å²) in [4.78, 5) is 0. The van der Waals surface area contributed by atoms with Gasteiger partial charge in [0.2, 0.25) is 0 Å². The molecular weight excluding hydrogens is 114 g/mol. The molecule has 1 atom stereocenters. The van der Waals surface area contributed by atoms with Gasteiger partial charge in [0, 0.05) is 13.1 Å². The molecule has 0 spiro atoms. The summed E-state index contributed by atoms with van der Waals surface area (Å²) >= 11 is -2.26. The van der Waals surface area contributed by atoms with Gasteiger partial charge in [-0.05, 0) is 0 Å². The van der Waals surface area contributed by atoms with E-state index in [9.17, 15) is 8.76 Å². The molecule has 4 heteroatoms. The number of hydrogen-bond donors (Lipinski definition) is 0. The van der Waals surface area contributed by atoms with Crippen molar-refractivity contribution in [3.05, 3.63) is 0 Å². The van der Waals surface area contributed by atoms with Crippen molar-refractivity contribution in [3.63, 3.8) is 0 Å². The van der Waals surface area contributed by atoms with Gasteiger partial charge in [0.1, 0.15) is 0 Å². The Morgan fingerprint density at radius 1 is 2.00 bits per heavy atom. The molecule has 0 aromatic carbocycles. The van der Waals surface area contributed by atoms with Crippen molar-refractivity contribution < 1.29 is 8.76 Å². The number of nitrogens with zero attached hydrogens (tertiary/aromatic N) is 1. The maximum atomic E-state index is 9.71. The molecule has 1 unspecified atom stereocenters. The molecule has 40 valence electrons. The molecule has 0 aromatic rings. The molecule has 0 N–H and O–H groups in total. The van der Waals surface area contributed by atoms with Gasteiger partial charge >= 0.3 is 0 Å². The van der Waals surface area contributed by atoms with Crippen molar-refractivity contribution in [3.8, 4) is 12.5 Å². The topological polar surface area (TPSA) is 43.4 Å². The molecule has 7 heavy (non-hydrogen) atoms. The van der Waals surface area contributed by atoms with Gasteiger partial charge in [0.15, 0.2) is 0 Å². The molecule has 0 fully saturated rings. The molecule has 0 aliphatic rings. The van der Waals surface area contributed by atoms with Gasteiger partial charge in [-0.2, -0.15) is 0 Å². The van der Waals surface area contributed by atoms with Crippen molar-refractivity contribution in [1.29, 1.82) is 0 Å². The summed E-state index contributed by atoms with van der Waals surface area (Å²) < 4.78 is 20.2. The lowest BCUT2D eigenvalue weighted by Crippen LogP contribution is -2.12. The fourth-order valence-electron chi connectivity index (χ4n) is 0.0430. The van der Waals surface area contributed by atoms with E-state index < -0.39 is 11.3 Å². The highest BCUT2D eigenvalue weighted by Crippen LogP contribution is 1.77. The van der Waals surface area contributed by atoms with Crippen LogP contribution < -0.4 is 0 Å². The van der Waals surface area contributed by atoms with Crippen LogP contribution in [0.2, 0.25) is 0 Å². The Labute approximate surface area is 44.7 Å². The van der Waals surface area contributed by atoms with Crippen LogP contribution in [0.25, 0.3) is 0 Å². The van der Waals surface area contributed by atoms with Gasteiger partial charge in [-0.25, -0.2) is 0 Å². The van der Waals surface area contributed by atoms with Crippen LogP contribution in [0.1, 0.15) is 0 Å². The summed E-state index contributed by atoms with van der Waals surface area (Å²) in [5.41, 5.74) is 0. The molecular formula is C3H4NO2S-. The van der Waals surface area contributed by atoms with E-state index in [-0.39, 0.29) is 0 Å². The minimum absolute atomic E-state index is 0.736. The third kappa shape index (κ3) is 2.20. The third-order valence-electron chi connectivity index (χ3n) is 0.405. The van der Waals surface area contributed by atoms with Crippen LogP contribution in [0.15, 0.2) is 0 Å². The molecule has 0 heterocycles. The molecule has 0 aliphatic carbocycles. The standard InChI is InChI=1S/C3H5NO2S/c1-3-4(2)7(5)6/h1H,2H3,(H,5,6)/p-1. The summed E-state index contributed by atoms with van der Waals surface area (Å²) in [6.07, 6.45) is 4.66. The van der Waals surface area contributed by atoms with E-state index in [1.165, 1.54) is 7.05 Å². The van der Waals surface area contributed by atoms with Gasteiger partial charge in [-0.1, -0.05) is 6.42 Å². The average molecular weight is 118 g/mol. The molecule has 0 aliphatic heterocycles. The Morgan fingerprint density at radius 3 is 2.43 bits per heavy atom. The van der Waals surface area contributed by atoms with Crippen LogP contribution in [-0.4, -0.2) is 20.1 Å². The van der Waals surface area contributed by atoms with Crippen molar-refractivity contribution in [2.75, 3.05) is 7.05 Å². The van der Waals surface area contributed by atoms with Crippen LogP contribution in [-0.2, 0) is 11.3 Å². The minimum atomic E-state index is -2.26. The average Bonchev–Trinajstić information content (AvgIpc) is 1.65. The quantitative estimate of drug-likeness (QED) is 0.259. The largest absolute Gasteiger partial charge is 0.755 e. The zero-order chi connectivity index (χ0) is 5.86. The lowest BCUT2D eigenvalue weighted by atomic mass is 11.1. The predicted molar refractivity (Wildman–Crippen MR) is 25.5 cm³/mol. The molecule has 0 rings (SSSR count). The van der Waals surface area contributed by atoms with Crippen LogP contribution in [0, 0.1) is 12.5 Å².